The molecular formula is C64H34N2O20S4. The minimum absolute atomic E-state index is 0.0264. The number of hydrogen-bond donors (Lipinski definition) is 4. The average Bonchev–Trinajstić information content (AvgIpc) is 0.676. The van der Waals surface area contributed by atoms with E-state index >= 15 is 9.59 Å². The van der Waals surface area contributed by atoms with Crippen LogP contribution in [0.15, 0.2) is 221 Å². The summed E-state index contributed by atoms with van der Waals surface area (Å²) in [7, 11) is -19.1. The normalized spacial score (nSPS) is 12.8. The van der Waals surface area contributed by atoms with Gasteiger partial charge < -0.3 is 18.9 Å². The van der Waals surface area contributed by atoms with Crippen LogP contribution < -0.4 is 40.9 Å². The van der Waals surface area contributed by atoms with Gasteiger partial charge in [-0.15, -0.1) is 0 Å². The largest absolute Gasteiger partial charge is 0.457 e. The maximum Gasteiger partial charge on any atom is 0.294 e. The van der Waals surface area contributed by atoms with Gasteiger partial charge in [0.25, 0.3) is 51.6 Å². The molecule has 26 heteroatoms. The fourth-order valence-electron chi connectivity index (χ4n) is 12.1. The highest BCUT2D eigenvalue weighted by Crippen LogP contribution is 2.57. The first kappa shape index (κ1) is 55.9. The Kier molecular flexibility index (Phi) is 12.0. The lowest BCUT2D eigenvalue weighted by Crippen LogP contribution is -2.19. The van der Waals surface area contributed by atoms with E-state index in [1.165, 1.54) is 106 Å². The van der Waals surface area contributed by atoms with Crippen molar-refractivity contribution in [2.45, 2.75) is 19.6 Å². The van der Waals surface area contributed by atoms with Gasteiger partial charge in [-0.05, 0) is 146 Å². The predicted molar refractivity (Wildman–Crippen MR) is 332 cm³/mol. The van der Waals surface area contributed by atoms with Crippen LogP contribution in [0.25, 0.3) is 97.5 Å². The van der Waals surface area contributed by atoms with Gasteiger partial charge in [-0.2, -0.15) is 33.7 Å². The lowest BCUT2D eigenvalue weighted by Gasteiger charge is -2.26. The lowest BCUT2D eigenvalue weighted by molar-refractivity contribution is 0.476. The molecule has 0 unspecified atom stereocenters. The molecule has 0 aliphatic rings. The Morgan fingerprint density at radius 2 is 0.522 bits per heavy atom. The van der Waals surface area contributed by atoms with Crippen molar-refractivity contribution in [3.05, 3.63) is 223 Å². The van der Waals surface area contributed by atoms with E-state index in [-0.39, 0.29) is 143 Å². The van der Waals surface area contributed by atoms with Crippen LogP contribution in [0.4, 0.5) is 0 Å². The summed E-state index contributed by atoms with van der Waals surface area (Å²) >= 11 is 0. The summed E-state index contributed by atoms with van der Waals surface area (Å²) in [5.41, 5.74) is -1.92. The zero-order valence-electron chi connectivity index (χ0n) is 45.2. The molecule has 90 heavy (non-hydrogen) atoms. The number of benzene rings is 11. The van der Waals surface area contributed by atoms with Crippen LogP contribution in [0.1, 0.15) is 0 Å². The molecule has 4 N–H and O–H groups in total. The van der Waals surface area contributed by atoms with E-state index in [0.717, 1.165) is 48.5 Å². The molecule has 0 spiro atoms. The van der Waals surface area contributed by atoms with Gasteiger partial charge in [0.1, 0.15) is 46.0 Å². The van der Waals surface area contributed by atoms with E-state index in [9.17, 15) is 61.5 Å². The maximum atomic E-state index is 15.8. The first-order valence-electron chi connectivity index (χ1n) is 26.6. The number of ether oxygens (including phenoxy) is 4. The third kappa shape index (κ3) is 8.72. The number of para-hydroxylation sites is 2. The number of fused-ring (bicyclic) bond motifs is 10. The molecule has 15 aromatic rings. The quantitative estimate of drug-likeness (QED) is 0.0501. The number of pyridine rings is 4. The van der Waals surface area contributed by atoms with Crippen LogP contribution >= 0.6 is 0 Å². The summed E-state index contributed by atoms with van der Waals surface area (Å²) in [6, 6.07) is 39.4. The van der Waals surface area contributed by atoms with Gasteiger partial charge in [0.15, 0.2) is 10.9 Å². The second kappa shape index (κ2) is 19.4. The molecule has 4 aromatic heterocycles. The first-order chi connectivity index (χ1) is 42.8. The van der Waals surface area contributed by atoms with Crippen molar-refractivity contribution in [1.82, 2.24) is 8.80 Å². The minimum atomic E-state index is -4.77. The second-order valence-corrected chi connectivity index (χ2v) is 26.7. The fraction of sp³-hybridized carbons (Fsp3) is 0. The van der Waals surface area contributed by atoms with Crippen molar-refractivity contribution < 1.29 is 70.8 Å². The van der Waals surface area contributed by atoms with Crippen LogP contribution in [-0.2, 0) is 40.5 Å². The number of nitrogens with zero attached hydrogens (tertiary/aromatic N) is 2. The molecule has 11 aromatic carbocycles. The van der Waals surface area contributed by atoms with Crippen molar-refractivity contribution in [3.63, 3.8) is 0 Å². The molecule has 0 aliphatic heterocycles. The SMILES string of the molecule is O=c1cc2c3cc(Oc4ccc(S(=O)(=O)O)cc4)c4c5c(Oc6ccc(S(=O)(=O)O)cc6)cc6c7c(cc(Oc8ccc(S(=O)(=O)O)cc8)c(c8c(Oc9ccc(S(=O)(=O)O)cc9)cc(c(=O)n2c2ccccc12)c3c84)c57)c(=O)n1c2ccccc2c(=O)cc61. The van der Waals surface area contributed by atoms with Crippen LogP contribution in [0.5, 0.6) is 46.0 Å². The highest BCUT2D eigenvalue weighted by molar-refractivity contribution is 7.86. The third-order valence-corrected chi connectivity index (χ3v) is 19.3. The Hall–Kier alpha value is -10.7. The monoisotopic (exact) mass is 1280 g/mol. The lowest BCUT2D eigenvalue weighted by atomic mass is 9.83. The van der Waals surface area contributed by atoms with Crippen LogP contribution in [-0.4, -0.2) is 60.7 Å². The summed E-state index contributed by atoms with van der Waals surface area (Å²) < 4.78 is 170. The van der Waals surface area contributed by atoms with Gasteiger partial charge in [0.05, 0.1) is 52.4 Å². The Bertz CT molecular complexity index is 6030. The van der Waals surface area contributed by atoms with Gasteiger partial charge in [-0.3, -0.25) is 46.2 Å². The summed E-state index contributed by atoms with van der Waals surface area (Å²) in [5.74, 6) is -0.936. The molecule has 0 bridgehead atoms. The van der Waals surface area contributed by atoms with E-state index < -0.39 is 82.0 Å². The molecule has 0 atom stereocenters. The molecule has 0 radical (unpaired) electrons. The van der Waals surface area contributed by atoms with Gasteiger partial charge in [0, 0.05) is 76.8 Å². The molecular weight excluding hydrogens is 1240 g/mol. The van der Waals surface area contributed by atoms with Gasteiger partial charge in [0.2, 0.25) is 0 Å². The minimum Gasteiger partial charge on any atom is -0.457 e. The Labute approximate surface area is 503 Å². The van der Waals surface area contributed by atoms with Crippen molar-refractivity contribution in [3.8, 4) is 46.0 Å². The molecule has 15 rings (SSSR count). The molecule has 0 saturated heterocycles. The van der Waals surface area contributed by atoms with Gasteiger partial charge in [-0.1, -0.05) is 24.3 Å². The average molecular weight is 1280 g/mol. The molecule has 0 aliphatic carbocycles. The van der Waals surface area contributed by atoms with E-state index in [2.05, 4.69) is 0 Å². The molecule has 4 heterocycles. The number of rotatable bonds is 12. The summed E-state index contributed by atoms with van der Waals surface area (Å²) in [6.45, 7) is 0. The Morgan fingerprint density at radius 3 is 0.789 bits per heavy atom. The fourth-order valence-corrected chi connectivity index (χ4v) is 14.0. The van der Waals surface area contributed by atoms with E-state index in [4.69, 9.17) is 18.9 Å². The van der Waals surface area contributed by atoms with Crippen molar-refractivity contribution >= 4 is 138 Å². The van der Waals surface area contributed by atoms with E-state index in [0.29, 0.717) is 0 Å². The zero-order valence-corrected chi connectivity index (χ0v) is 48.4. The highest BCUT2D eigenvalue weighted by atomic mass is 32.2. The second-order valence-electron chi connectivity index (χ2n) is 21.0. The Morgan fingerprint density at radius 1 is 0.267 bits per heavy atom. The molecule has 0 amide bonds. The van der Waals surface area contributed by atoms with E-state index in [1.807, 2.05) is 0 Å². The van der Waals surface area contributed by atoms with E-state index in [1.54, 1.807) is 36.4 Å². The van der Waals surface area contributed by atoms with Crippen molar-refractivity contribution in [2.24, 2.45) is 0 Å². The maximum absolute atomic E-state index is 15.8. The predicted octanol–water partition coefficient (Wildman–Crippen LogP) is 11.3. The first-order valence-corrected chi connectivity index (χ1v) is 32.3. The number of aromatic nitrogens is 2. The topological polar surface area (TPSA) is 331 Å². The summed E-state index contributed by atoms with van der Waals surface area (Å²) in [4.78, 5) is 58.3. The van der Waals surface area contributed by atoms with Crippen molar-refractivity contribution in [1.29, 1.82) is 0 Å². The summed E-state index contributed by atoms with van der Waals surface area (Å²) in [5, 5.41) is 1.03. The highest BCUT2D eigenvalue weighted by Gasteiger charge is 2.33. The summed E-state index contributed by atoms with van der Waals surface area (Å²) in [6.07, 6.45) is 0. The van der Waals surface area contributed by atoms with Gasteiger partial charge >= 0.3 is 0 Å². The smallest absolute Gasteiger partial charge is 0.294 e. The molecule has 0 saturated carbocycles. The zero-order chi connectivity index (χ0) is 62.8. The van der Waals surface area contributed by atoms with Gasteiger partial charge in [-0.25, -0.2) is 0 Å². The number of hydrogen-bond acceptors (Lipinski definition) is 16. The molecule has 444 valence electrons. The van der Waals surface area contributed by atoms with Crippen LogP contribution in [0.2, 0.25) is 0 Å². The molecule has 22 nitrogen and oxygen atoms in total. The van der Waals surface area contributed by atoms with Crippen LogP contribution in [0.3, 0.4) is 0 Å². The van der Waals surface area contributed by atoms with Crippen molar-refractivity contribution in [2.75, 3.05) is 0 Å². The standard InChI is InChI=1S/C64H34N2O20S4/c67-49-29-47-41-25-51(83-31-9-17-35(18-10-31)87(71,72)73)57-58-52(84-32-11-19-36(20-12-32)88(74,75)76)26-42-48-30-50(68)40-6-2-4-8-46(40)66(48)64(70)44-28-54(86-34-15-23-38(24-16-34)90(80,81)82)60(62(58)56(42)44)59-53(85-33-13-21-37(22-14-33)89(77,78)79)27-43(55(41)61(57)59)63(69)65(47)45-7-3-1-5-39(45)49/h1-30H,(H,71,72,73)(H,74,75,76)(H,77,78,79)(H,80,81,82). The Balaban J connectivity index is 1.23. The van der Waals surface area contributed by atoms with Crippen LogP contribution in [0, 0.1) is 0 Å². The third-order valence-electron chi connectivity index (χ3n) is 15.8. The molecule has 0 fully saturated rings.